The molecule has 6 nitrogen and oxygen atoms in total. The first-order valence-electron chi connectivity index (χ1n) is 8.38. The molecule has 3 aromatic rings. The average molecular weight is 373 g/mol. The van der Waals surface area contributed by atoms with Crippen molar-refractivity contribution in [1.82, 2.24) is 20.1 Å². The van der Waals surface area contributed by atoms with E-state index in [2.05, 4.69) is 15.4 Å². The Kier molecular flexibility index (Phi) is 5.13. The molecule has 0 radical (unpaired) electrons. The lowest BCUT2D eigenvalue weighted by molar-refractivity contribution is 0.0949. The van der Waals surface area contributed by atoms with Gasteiger partial charge >= 0.3 is 0 Å². The maximum atomic E-state index is 12.4. The van der Waals surface area contributed by atoms with Gasteiger partial charge < -0.3 is 10.1 Å². The first kappa shape index (κ1) is 18.2. The molecule has 1 aromatic carbocycles. The highest BCUT2D eigenvalue weighted by Crippen LogP contribution is 2.30. The molecule has 26 heavy (non-hydrogen) atoms. The second-order valence-electron chi connectivity index (χ2n) is 6.49. The van der Waals surface area contributed by atoms with Crippen molar-refractivity contribution < 1.29 is 9.53 Å². The van der Waals surface area contributed by atoms with Gasteiger partial charge in [0.15, 0.2) is 5.65 Å². The number of halogens is 1. The molecule has 3 rings (SSSR count). The molecule has 0 saturated carbocycles. The van der Waals surface area contributed by atoms with Gasteiger partial charge in [-0.2, -0.15) is 5.10 Å². The number of rotatable bonds is 5. The number of nitrogens with zero attached hydrogens (tertiary/aromatic N) is 3. The number of pyridine rings is 1. The summed E-state index contributed by atoms with van der Waals surface area (Å²) in [5, 5.41) is 8.46. The van der Waals surface area contributed by atoms with Crippen LogP contribution in [0.1, 0.15) is 29.9 Å². The highest BCUT2D eigenvalue weighted by molar-refractivity contribution is 6.38. The monoisotopic (exact) mass is 372 g/mol. The fraction of sp³-hybridized carbons (Fsp3) is 0.316. The predicted molar refractivity (Wildman–Crippen MR) is 102 cm³/mol. The normalized spacial score (nSPS) is 11.2. The topological polar surface area (TPSA) is 69.0 Å². The summed E-state index contributed by atoms with van der Waals surface area (Å²) in [5.41, 5.74) is 2.47. The number of aryl methyl sites for hydroxylation is 1. The number of amides is 1. The molecule has 0 bridgehead atoms. The van der Waals surface area contributed by atoms with Gasteiger partial charge in [-0.15, -0.1) is 0 Å². The minimum absolute atomic E-state index is 0.230. The molecule has 0 spiro atoms. The summed E-state index contributed by atoms with van der Waals surface area (Å²) in [7, 11) is 1.61. The van der Waals surface area contributed by atoms with Crippen molar-refractivity contribution in [3.05, 3.63) is 46.7 Å². The van der Waals surface area contributed by atoms with E-state index in [-0.39, 0.29) is 5.91 Å². The number of hydrogen-bond donors (Lipinski definition) is 1. The molecule has 2 heterocycles. The third-order valence-corrected chi connectivity index (χ3v) is 4.41. The van der Waals surface area contributed by atoms with E-state index in [1.807, 2.05) is 45.0 Å². The highest BCUT2D eigenvalue weighted by atomic mass is 35.5. The summed E-state index contributed by atoms with van der Waals surface area (Å²) in [5.74, 6) is 0.846. The Morgan fingerprint density at radius 3 is 2.85 bits per heavy atom. The maximum absolute atomic E-state index is 12.4. The first-order chi connectivity index (χ1) is 12.4. The van der Waals surface area contributed by atoms with Crippen LogP contribution in [0.4, 0.5) is 0 Å². The Morgan fingerprint density at radius 1 is 1.38 bits per heavy atom. The number of hydrogen-bond acceptors (Lipinski definition) is 4. The van der Waals surface area contributed by atoms with Gasteiger partial charge in [0.1, 0.15) is 5.75 Å². The Morgan fingerprint density at radius 2 is 2.15 bits per heavy atom. The van der Waals surface area contributed by atoms with E-state index in [9.17, 15) is 4.79 Å². The number of fused-ring (bicyclic) bond motifs is 1. The van der Waals surface area contributed by atoms with E-state index < -0.39 is 0 Å². The SMILES string of the molecule is COc1cccc(-n2nc(C)c3c(Cl)c(C(=O)NCC(C)C)cnc32)c1. The van der Waals surface area contributed by atoms with Crippen LogP contribution in [0.2, 0.25) is 5.02 Å². The lowest BCUT2D eigenvalue weighted by Crippen LogP contribution is -2.27. The number of nitrogens with one attached hydrogen (secondary N) is 1. The van der Waals surface area contributed by atoms with E-state index >= 15 is 0 Å². The number of benzene rings is 1. The molecule has 1 amide bonds. The number of carbonyl (C=O) groups is 1. The second kappa shape index (κ2) is 7.33. The van der Waals surface area contributed by atoms with Crippen molar-refractivity contribution in [2.75, 3.05) is 13.7 Å². The lowest BCUT2D eigenvalue weighted by Gasteiger charge is -2.09. The van der Waals surface area contributed by atoms with Crippen LogP contribution in [0.5, 0.6) is 5.75 Å². The summed E-state index contributed by atoms with van der Waals surface area (Å²) >= 11 is 6.54. The van der Waals surface area contributed by atoms with Crippen LogP contribution < -0.4 is 10.1 Å². The molecule has 0 aliphatic rings. The number of ether oxygens (including phenoxy) is 1. The van der Waals surface area contributed by atoms with Gasteiger partial charge in [-0.3, -0.25) is 4.79 Å². The maximum Gasteiger partial charge on any atom is 0.254 e. The summed E-state index contributed by atoms with van der Waals surface area (Å²) in [6.07, 6.45) is 1.50. The van der Waals surface area contributed by atoms with Crippen molar-refractivity contribution in [2.24, 2.45) is 5.92 Å². The van der Waals surface area contributed by atoms with Crippen molar-refractivity contribution in [3.8, 4) is 11.4 Å². The molecule has 0 atom stereocenters. The number of aromatic nitrogens is 3. The summed E-state index contributed by atoms with van der Waals surface area (Å²) in [6, 6.07) is 7.52. The van der Waals surface area contributed by atoms with Crippen LogP contribution in [0.15, 0.2) is 30.5 Å². The number of carbonyl (C=O) groups excluding carboxylic acids is 1. The third kappa shape index (κ3) is 3.37. The van der Waals surface area contributed by atoms with Gasteiger partial charge in [-0.05, 0) is 25.0 Å². The zero-order chi connectivity index (χ0) is 18.8. The fourth-order valence-corrected chi connectivity index (χ4v) is 3.04. The van der Waals surface area contributed by atoms with E-state index in [1.54, 1.807) is 11.8 Å². The van der Waals surface area contributed by atoms with Gasteiger partial charge in [0.25, 0.3) is 5.91 Å². The molecule has 0 aliphatic carbocycles. The zero-order valence-electron chi connectivity index (χ0n) is 15.2. The Balaban J connectivity index is 2.07. The average Bonchev–Trinajstić information content (AvgIpc) is 2.97. The van der Waals surface area contributed by atoms with Crippen molar-refractivity contribution in [1.29, 1.82) is 0 Å². The molecule has 136 valence electrons. The molecular formula is C19H21ClN4O2. The molecule has 0 saturated heterocycles. The van der Waals surface area contributed by atoms with Gasteiger partial charge in [0.05, 0.1) is 34.5 Å². The van der Waals surface area contributed by atoms with E-state index in [4.69, 9.17) is 16.3 Å². The van der Waals surface area contributed by atoms with Crippen LogP contribution in [-0.4, -0.2) is 34.3 Å². The molecule has 0 unspecified atom stereocenters. The van der Waals surface area contributed by atoms with Gasteiger partial charge in [0, 0.05) is 18.8 Å². The molecular weight excluding hydrogens is 352 g/mol. The minimum Gasteiger partial charge on any atom is -0.497 e. The summed E-state index contributed by atoms with van der Waals surface area (Å²) in [4.78, 5) is 16.9. The van der Waals surface area contributed by atoms with E-state index in [0.717, 1.165) is 11.4 Å². The Hall–Kier alpha value is -2.60. The van der Waals surface area contributed by atoms with Crippen molar-refractivity contribution in [3.63, 3.8) is 0 Å². The minimum atomic E-state index is -0.230. The highest BCUT2D eigenvalue weighted by Gasteiger charge is 2.20. The van der Waals surface area contributed by atoms with E-state index in [0.29, 0.717) is 39.8 Å². The lowest BCUT2D eigenvalue weighted by atomic mass is 10.1. The standard InChI is InChI=1S/C19H21ClN4O2/c1-11(2)9-22-19(25)15-10-21-18-16(17(15)20)12(3)23-24(18)13-6-5-7-14(8-13)26-4/h5-8,10-11H,9H2,1-4H3,(H,22,25). The van der Waals surface area contributed by atoms with Crippen LogP contribution in [-0.2, 0) is 0 Å². The summed E-state index contributed by atoms with van der Waals surface area (Å²) < 4.78 is 6.98. The Labute approximate surface area is 157 Å². The first-order valence-corrected chi connectivity index (χ1v) is 8.76. The van der Waals surface area contributed by atoms with Crippen LogP contribution in [0.3, 0.4) is 0 Å². The third-order valence-electron chi connectivity index (χ3n) is 4.02. The Bertz CT molecular complexity index is 966. The van der Waals surface area contributed by atoms with Gasteiger partial charge in [0.2, 0.25) is 0 Å². The molecule has 7 heteroatoms. The molecule has 2 aromatic heterocycles. The predicted octanol–water partition coefficient (Wildman–Crippen LogP) is 3.78. The zero-order valence-corrected chi connectivity index (χ0v) is 16.0. The quantitative estimate of drug-likeness (QED) is 0.740. The molecule has 0 aliphatic heterocycles. The van der Waals surface area contributed by atoms with E-state index in [1.165, 1.54) is 6.20 Å². The largest absolute Gasteiger partial charge is 0.497 e. The van der Waals surface area contributed by atoms with Crippen LogP contribution in [0.25, 0.3) is 16.7 Å². The fourth-order valence-electron chi connectivity index (χ4n) is 2.68. The number of methoxy groups -OCH3 is 1. The molecule has 1 N–H and O–H groups in total. The summed E-state index contributed by atoms with van der Waals surface area (Å²) in [6.45, 7) is 6.49. The van der Waals surface area contributed by atoms with Gasteiger partial charge in [-0.25, -0.2) is 9.67 Å². The van der Waals surface area contributed by atoms with Crippen LogP contribution >= 0.6 is 11.6 Å². The van der Waals surface area contributed by atoms with Crippen molar-refractivity contribution >= 4 is 28.5 Å². The van der Waals surface area contributed by atoms with Gasteiger partial charge in [-0.1, -0.05) is 31.5 Å². The van der Waals surface area contributed by atoms with Crippen molar-refractivity contribution in [2.45, 2.75) is 20.8 Å². The smallest absolute Gasteiger partial charge is 0.254 e. The van der Waals surface area contributed by atoms with Crippen LogP contribution in [0, 0.1) is 12.8 Å². The second-order valence-corrected chi connectivity index (χ2v) is 6.86. The molecule has 0 fully saturated rings.